The van der Waals surface area contributed by atoms with E-state index in [2.05, 4.69) is 0 Å². The molecule has 4 aromatic rings. The van der Waals surface area contributed by atoms with Gasteiger partial charge in [-0.25, -0.2) is 9.69 Å². The topological polar surface area (TPSA) is 96.3 Å². The van der Waals surface area contributed by atoms with Gasteiger partial charge in [-0.3, -0.25) is 14.6 Å². The zero-order chi connectivity index (χ0) is 28.3. The second-order valence-electron chi connectivity index (χ2n) is 10.5. The molecule has 4 aromatic carbocycles. The van der Waals surface area contributed by atoms with Gasteiger partial charge in [0.05, 0.1) is 40.8 Å². The lowest BCUT2D eigenvalue weighted by atomic mass is 9.47. The molecule has 1 aliphatic heterocycles. The summed E-state index contributed by atoms with van der Waals surface area (Å²) in [5.74, 6) is -2.66. The first-order valence-electron chi connectivity index (χ1n) is 13.6. The number of aromatic carboxylic acids is 1. The molecule has 1 fully saturated rings. The molecule has 1 heterocycles. The van der Waals surface area contributed by atoms with Crippen molar-refractivity contribution in [3.63, 3.8) is 0 Å². The van der Waals surface area contributed by atoms with E-state index in [1.807, 2.05) is 55.5 Å². The minimum atomic E-state index is -1.09. The first kappa shape index (κ1) is 25.0. The molecule has 8 rings (SSSR count). The molecule has 0 unspecified atom stereocenters. The van der Waals surface area contributed by atoms with E-state index in [1.54, 1.807) is 48.7 Å². The van der Waals surface area contributed by atoms with E-state index >= 15 is 0 Å². The van der Waals surface area contributed by atoms with Crippen molar-refractivity contribution >= 4 is 35.4 Å². The molecule has 7 heteroatoms. The maximum Gasteiger partial charge on any atom is 0.337 e. The number of nitrogens with zero attached hydrogens (tertiary/aromatic N) is 2. The molecule has 0 saturated carbocycles. The first-order valence-corrected chi connectivity index (χ1v) is 13.6. The normalized spacial score (nSPS) is 23.8. The maximum atomic E-state index is 14.5. The average Bonchev–Trinajstić information content (AvgIpc) is 3.27. The number of carboxylic acids is 1. The summed E-state index contributed by atoms with van der Waals surface area (Å²) in [6, 6.07) is 29.4. The van der Waals surface area contributed by atoms with E-state index in [0.717, 1.165) is 22.3 Å². The molecule has 0 aromatic heterocycles. The molecule has 1 saturated heterocycles. The Labute approximate surface area is 236 Å². The largest absolute Gasteiger partial charge is 0.494 e. The van der Waals surface area contributed by atoms with Crippen LogP contribution in [0, 0.1) is 11.8 Å². The third-order valence-corrected chi connectivity index (χ3v) is 8.63. The van der Waals surface area contributed by atoms with Crippen molar-refractivity contribution in [1.82, 2.24) is 0 Å². The molecule has 4 aliphatic rings. The Balaban J connectivity index is 1.46. The summed E-state index contributed by atoms with van der Waals surface area (Å²) < 4.78 is 5.57. The quantitative estimate of drug-likeness (QED) is 0.248. The lowest BCUT2D eigenvalue weighted by Crippen LogP contribution is -2.54. The van der Waals surface area contributed by atoms with Crippen molar-refractivity contribution in [2.45, 2.75) is 18.3 Å². The highest BCUT2D eigenvalue weighted by molar-refractivity contribution is 6.25. The third kappa shape index (κ3) is 3.45. The van der Waals surface area contributed by atoms with Crippen LogP contribution < -0.4 is 9.64 Å². The summed E-state index contributed by atoms with van der Waals surface area (Å²) in [5, 5.41) is 9.80. The van der Waals surface area contributed by atoms with E-state index in [9.17, 15) is 19.5 Å². The Morgan fingerprint density at radius 2 is 1.49 bits per heavy atom. The monoisotopic (exact) mass is 542 g/mol. The number of carbonyl (C=O) groups is 3. The van der Waals surface area contributed by atoms with Crippen LogP contribution in [-0.2, 0) is 15.0 Å². The van der Waals surface area contributed by atoms with Crippen LogP contribution in [0.25, 0.3) is 0 Å². The number of carbonyl (C=O) groups excluding carboxylic acids is 2. The standard InChI is InChI=1S/C34H26N2O5/c1-2-41-21-17-15-20(16-18-21)36-31(37)29-28-22-9-3-6-12-25(22)34(30(29)32(36)38,26-13-7-4-10-23(26)28)19-35-27-14-8-5-11-24(27)33(39)40/h3-19,28-30H,2H2,1H3,(H,39,40)/t28?,29-,30+,34?/m0/s1. The van der Waals surface area contributed by atoms with Crippen LogP contribution in [0.2, 0.25) is 0 Å². The van der Waals surface area contributed by atoms with Gasteiger partial charge in [-0.15, -0.1) is 0 Å². The van der Waals surface area contributed by atoms with Crippen molar-refractivity contribution in [3.05, 3.63) is 125 Å². The number of para-hydroxylation sites is 1. The number of rotatable bonds is 6. The molecule has 7 nitrogen and oxygen atoms in total. The summed E-state index contributed by atoms with van der Waals surface area (Å²) in [6.45, 7) is 2.41. The van der Waals surface area contributed by atoms with Crippen LogP contribution in [0.4, 0.5) is 11.4 Å². The molecule has 0 radical (unpaired) electrons. The zero-order valence-electron chi connectivity index (χ0n) is 22.2. The number of amides is 2. The number of anilines is 1. The molecule has 2 bridgehead atoms. The van der Waals surface area contributed by atoms with Crippen LogP contribution in [0.3, 0.4) is 0 Å². The molecule has 3 aliphatic carbocycles. The average molecular weight is 543 g/mol. The van der Waals surface area contributed by atoms with Gasteiger partial charge in [0.15, 0.2) is 0 Å². The number of aliphatic imine (C=N–C) groups is 1. The smallest absolute Gasteiger partial charge is 0.337 e. The van der Waals surface area contributed by atoms with Crippen LogP contribution in [0.5, 0.6) is 5.75 Å². The van der Waals surface area contributed by atoms with E-state index in [1.165, 1.54) is 11.0 Å². The molecule has 202 valence electrons. The molecule has 2 atom stereocenters. The van der Waals surface area contributed by atoms with Gasteiger partial charge in [0.25, 0.3) is 0 Å². The summed E-state index contributed by atoms with van der Waals surface area (Å²) >= 11 is 0. The summed E-state index contributed by atoms with van der Waals surface area (Å²) in [5.41, 5.74) is 3.56. The third-order valence-electron chi connectivity index (χ3n) is 8.63. The molecule has 0 spiro atoms. The van der Waals surface area contributed by atoms with Crippen molar-refractivity contribution in [2.75, 3.05) is 11.5 Å². The van der Waals surface area contributed by atoms with Crippen LogP contribution >= 0.6 is 0 Å². The predicted molar refractivity (Wildman–Crippen MR) is 154 cm³/mol. The van der Waals surface area contributed by atoms with Gasteiger partial charge in [-0.1, -0.05) is 60.7 Å². The van der Waals surface area contributed by atoms with Gasteiger partial charge in [0.2, 0.25) is 11.8 Å². The fourth-order valence-electron chi connectivity index (χ4n) is 7.10. The molecule has 1 N–H and O–H groups in total. The number of hydrogen-bond acceptors (Lipinski definition) is 5. The summed E-state index contributed by atoms with van der Waals surface area (Å²) in [4.78, 5) is 46.8. The van der Waals surface area contributed by atoms with Crippen molar-refractivity contribution in [2.24, 2.45) is 16.8 Å². The fraction of sp³-hybridized carbons (Fsp3) is 0.176. The number of imide groups is 1. The number of benzene rings is 4. The predicted octanol–water partition coefficient (Wildman–Crippen LogP) is 5.74. The van der Waals surface area contributed by atoms with Gasteiger partial charge >= 0.3 is 5.97 Å². The van der Waals surface area contributed by atoms with Gasteiger partial charge < -0.3 is 9.84 Å². The van der Waals surface area contributed by atoms with E-state index in [0.29, 0.717) is 18.0 Å². The number of carboxylic acid groups (broad SMARTS) is 1. The molecule has 41 heavy (non-hydrogen) atoms. The Bertz CT molecular complexity index is 1710. The lowest BCUT2D eigenvalue weighted by molar-refractivity contribution is -0.122. The second kappa shape index (κ2) is 9.27. The Hall–Kier alpha value is -5.04. The van der Waals surface area contributed by atoms with Gasteiger partial charge in [0, 0.05) is 12.1 Å². The second-order valence-corrected chi connectivity index (χ2v) is 10.5. The fourth-order valence-corrected chi connectivity index (χ4v) is 7.10. The van der Waals surface area contributed by atoms with Crippen LogP contribution in [-0.4, -0.2) is 35.7 Å². The van der Waals surface area contributed by atoms with E-state index in [4.69, 9.17) is 9.73 Å². The summed E-state index contributed by atoms with van der Waals surface area (Å²) in [7, 11) is 0. The minimum Gasteiger partial charge on any atom is -0.494 e. The minimum absolute atomic E-state index is 0.0626. The zero-order valence-corrected chi connectivity index (χ0v) is 22.2. The van der Waals surface area contributed by atoms with Crippen molar-refractivity contribution in [1.29, 1.82) is 0 Å². The highest BCUT2D eigenvalue weighted by Gasteiger charge is 2.67. The van der Waals surface area contributed by atoms with Crippen molar-refractivity contribution < 1.29 is 24.2 Å². The van der Waals surface area contributed by atoms with Gasteiger partial charge in [-0.05, 0) is 65.6 Å². The SMILES string of the molecule is CCOc1ccc(N2C(=O)[C@H]3C4c5ccccc5C(C=Nc5ccccc5C(=O)O)(c5ccccc54)[C@H]3C2=O)cc1. The molecular formula is C34H26N2O5. The Kier molecular flexibility index (Phi) is 5.64. The molecule has 2 amide bonds. The highest BCUT2D eigenvalue weighted by atomic mass is 16.5. The van der Waals surface area contributed by atoms with Crippen molar-refractivity contribution in [3.8, 4) is 5.75 Å². The summed E-state index contributed by atoms with van der Waals surface area (Å²) in [6.07, 6.45) is 1.71. The van der Waals surface area contributed by atoms with E-state index < -0.39 is 23.2 Å². The number of hydrogen-bond donors (Lipinski definition) is 1. The Morgan fingerprint density at radius 1 is 0.878 bits per heavy atom. The maximum absolute atomic E-state index is 14.5. The lowest BCUT2D eigenvalue weighted by Gasteiger charge is -2.52. The molecular weight excluding hydrogens is 516 g/mol. The van der Waals surface area contributed by atoms with E-state index in [-0.39, 0.29) is 29.0 Å². The van der Waals surface area contributed by atoms with Crippen LogP contribution in [0.1, 0.15) is 45.5 Å². The Morgan fingerprint density at radius 3 is 2.12 bits per heavy atom. The van der Waals surface area contributed by atoms with Gasteiger partial charge in [0.1, 0.15) is 5.75 Å². The highest BCUT2D eigenvalue weighted by Crippen LogP contribution is 2.63. The number of ether oxygens (including phenoxy) is 1. The van der Waals surface area contributed by atoms with Crippen LogP contribution in [0.15, 0.2) is 102 Å². The first-order chi connectivity index (χ1) is 20.0. The van der Waals surface area contributed by atoms with Gasteiger partial charge in [-0.2, -0.15) is 0 Å².